The summed E-state index contributed by atoms with van der Waals surface area (Å²) in [4.78, 5) is 13.3. The highest BCUT2D eigenvalue weighted by molar-refractivity contribution is 6.03. The van der Waals surface area contributed by atoms with Gasteiger partial charge in [0, 0.05) is 40.1 Å². The number of rotatable bonds is 6. The molecule has 0 fully saturated rings. The van der Waals surface area contributed by atoms with Gasteiger partial charge in [-0.15, -0.1) is 0 Å². The largest absolute Gasteiger partial charge is 0.425 e. The Bertz CT molecular complexity index is 1490. The maximum absolute atomic E-state index is 13.3. The molecule has 1 unspecified atom stereocenters. The van der Waals surface area contributed by atoms with Crippen LogP contribution in [0.5, 0.6) is 0 Å². The van der Waals surface area contributed by atoms with Crippen LogP contribution < -0.4 is 0 Å². The Morgan fingerprint density at radius 2 is 1.38 bits per heavy atom. The number of carbonyl (C=O) groups excluding carboxylic acids is 1. The number of nitrogens with zero attached hydrogens (tertiary/aromatic N) is 2. The van der Waals surface area contributed by atoms with Crippen molar-refractivity contribution >= 4 is 45.9 Å². The zero-order valence-electron chi connectivity index (χ0n) is 20.2. The fourth-order valence-corrected chi connectivity index (χ4v) is 5.08. The van der Waals surface area contributed by atoms with Crippen LogP contribution in [0.3, 0.4) is 0 Å². The summed E-state index contributed by atoms with van der Waals surface area (Å²) >= 11 is 0. The van der Waals surface area contributed by atoms with E-state index in [1.165, 1.54) is 0 Å². The number of fused-ring (bicyclic) bond motifs is 2. The van der Waals surface area contributed by atoms with Crippen molar-refractivity contribution in [2.45, 2.75) is 46.5 Å². The number of ether oxygens (including phenoxy) is 1. The molecule has 1 atom stereocenters. The number of hydrogen-bond acceptors (Lipinski definition) is 2. The van der Waals surface area contributed by atoms with E-state index < -0.39 is 5.92 Å². The van der Waals surface area contributed by atoms with Gasteiger partial charge in [0.2, 0.25) is 0 Å². The Hall–Kier alpha value is -3.79. The molecule has 0 saturated carbocycles. The highest BCUT2D eigenvalue weighted by Gasteiger charge is 2.35. The lowest BCUT2D eigenvalue weighted by Gasteiger charge is -2.06. The summed E-state index contributed by atoms with van der Waals surface area (Å²) in [5.41, 5.74) is 6.35. The fraction of sp³-hybridized carbons (Fsp3) is 0.233. The minimum absolute atomic E-state index is 0.221. The van der Waals surface area contributed by atoms with E-state index in [1.807, 2.05) is 30.3 Å². The van der Waals surface area contributed by atoms with Crippen molar-refractivity contribution in [2.75, 3.05) is 0 Å². The first-order valence-electron chi connectivity index (χ1n) is 12.0. The number of hydrogen-bond donors (Lipinski definition) is 0. The van der Waals surface area contributed by atoms with Gasteiger partial charge in [0.15, 0.2) is 0 Å². The molecule has 1 aliphatic heterocycles. The van der Waals surface area contributed by atoms with Crippen LogP contribution in [-0.2, 0) is 9.53 Å². The topological polar surface area (TPSA) is 36.2 Å². The molecule has 2 aromatic carbocycles. The molecule has 2 aromatic heterocycles. The summed E-state index contributed by atoms with van der Waals surface area (Å²) in [6, 6.07) is 16.6. The highest BCUT2D eigenvalue weighted by atomic mass is 16.5. The lowest BCUT2D eigenvalue weighted by Crippen LogP contribution is -2.08. The van der Waals surface area contributed by atoms with E-state index in [2.05, 4.69) is 85.6 Å². The first-order valence-corrected chi connectivity index (χ1v) is 12.0. The van der Waals surface area contributed by atoms with Gasteiger partial charge in [0.25, 0.3) is 0 Å². The van der Waals surface area contributed by atoms with Gasteiger partial charge in [-0.05, 0) is 50.5 Å². The number of esters is 1. The van der Waals surface area contributed by atoms with Crippen LogP contribution in [0, 0.1) is 13.8 Å². The normalized spacial score (nSPS) is 16.4. The summed E-state index contributed by atoms with van der Waals surface area (Å²) in [5.74, 6) is -0.0163. The van der Waals surface area contributed by atoms with Gasteiger partial charge in [0.1, 0.15) is 11.7 Å². The molecule has 0 amide bonds. The van der Waals surface area contributed by atoms with Crippen molar-refractivity contribution in [2.24, 2.45) is 0 Å². The Labute approximate surface area is 200 Å². The first-order chi connectivity index (χ1) is 16.6. The maximum atomic E-state index is 13.3. The second kappa shape index (κ2) is 8.86. The van der Waals surface area contributed by atoms with Crippen molar-refractivity contribution in [3.63, 3.8) is 0 Å². The zero-order valence-corrected chi connectivity index (χ0v) is 20.2. The van der Waals surface area contributed by atoms with Gasteiger partial charge in [-0.3, -0.25) is 4.79 Å². The van der Waals surface area contributed by atoms with Crippen LogP contribution in [0.1, 0.15) is 55.1 Å². The predicted molar refractivity (Wildman–Crippen MR) is 141 cm³/mol. The van der Waals surface area contributed by atoms with Crippen molar-refractivity contribution in [3.05, 3.63) is 89.3 Å². The second-order valence-electron chi connectivity index (χ2n) is 8.75. The van der Waals surface area contributed by atoms with Gasteiger partial charge < -0.3 is 13.9 Å². The second-order valence-corrected chi connectivity index (χ2v) is 8.75. The van der Waals surface area contributed by atoms with E-state index in [0.29, 0.717) is 5.76 Å². The first kappa shape index (κ1) is 22.0. The average molecular weight is 451 g/mol. The zero-order chi connectivity index (χ0) is 23.8. The summed E-state index contributed by atoms with van der Waals surface area (Å²) in [5, 5.41) is 2.18. The van der Waals surface area contributed by atoms with Gasteiger partial charge in [-0.2, -0.15) is 0 Å². The third-order valence-corrected chi connectivity index (χ3v) is 6.68. The molecule has 0 aliphatic carbocycles. The molecule has 4 heteroatoms. The minimum Gasteiger partial charge on any atom is -0.425 e. The van der Waals surface area contributed by atoms with Gasteiger partial charge in [0.05, 0.1) is 11.0 Å². The summed E-state index contributed by atoms with van der Waals surface area (Å²) in [6.07, 6.45) is 12.4. The molecule has 0 bridgehead atoms. The SMILES string of the molecule is CC/C=C/n1c(C)c(C2=CC(c3c(C)n(/C=C/CC)c4ccccc34)C(=O)O2)c2ccccc21. The number of allylic oxidation sites excluding steroid dienone is 2. The van der Waals surface area contributed by atoms with E-state index >= 15 is 0 Å². The van der Waals surface area contributed by atoms with E-state index in [4.69, 9.17) is 4.74 Å². The van der Waals surface area contributed by atoms with Crippen molar-refractivity contribution in [3.8, 4) is 0 Å². The van der Waals surface area contributed by atoms with Crippen molar-refractivity contribution in [1.82, 2.24) is 9.13 Å². The average Bonchev–Trinajstić information content (AvgIpc) is 3.44. The minimum atomic E-state index is -0.441. The molecule has 4 aromatic rings. The van der Waals surface area contributed by atoms with Crippen LogP contribution in [0.4, 0.5) is 0 Å². The summed E-state index contributed by atoms with van der Waals surface area (Å²) < 4.78 is 10.3. The lowest BCUT2D eigenvalue weighted by atomic mass is 9.95. The van der Waals surface area contributed by atoms with Crippen LogP contribution in [0.15, 0.2) is 66.8 Å². The van der Waals surface area contributed by atoms with E-state index in [9.17, 15) is 4.79 Å². The molecule has 34 heavy (non-hydrogen) atoms. The third-order valence-electron chi connectivity index (χ3n) is 6.68. The van der Waals surface area contributed by atoms with Gasteiger partial charge in [-0.25, -0.2) is 0 Å². The summed E-state index contributed by atoms with van der Waals surface area (Å²) in [6.45, 7) is 8.42. The molecule has 1 aliphatic rings. The van der Waals surface area contributed by atoms with E-state index in [1.54, 1.807) is 0 Å². The lowest BCUT2D eigenvalue weighted by molar-refractivity contribution is -0.135. The molecular formula is C30H30N2O2. The molecule has 4 nitrogen and oxygen atoms in total. The maximum Gasteiger partial charge on any atom is 0.322 e. The Morgan fingerprint density at radius 3 is 2.03 bits per heavy atom. The molecule has 0 saturated heterocycles. The van der Waals surface area contributed by atoms with Crippen molar-refractivity contribution < 1.29 is 9.53 Å². The molecule has 0 radical (unpaired) electrons. The van der Waals surface area contributed by atoms with E-state index in [-0.39, 0.29) is 5.97 Å². The van der Waals surface area contributed by atoms with E-state index in [0.717, 1.165) is 57.2 Å². The number of carbonyl (C=O) groups is 1. The number of cyclic esters (lactones) is 1. The quantitative estimate of drug-likeness (QED) is 0.283. The Balaban J connectivity index is 1.69. The number of para-hydroxylation sites is 2. The molecular weight excluding hydrogens is 420 g/mol. The highest BCUT2D eigenvalue weighted by Crippen LogP contribution is 2.42. The smallest absolute Gasteiger partial charge is 0.322 e. The van der Waals surface area contributed by atoms with Crippen LogP contribution >= 0.6 is 0 Å². The standard InChI is InChI=1S/C30H30N2O2/c1-5-7-17-31-20(3)28(22-13-9-11-15-25(22)31)24-19-27(34-30(24)33)29-21(4)32(18-8-6-2)26-16-12-10-14-23(26)29/h7-19,24H,5-6H2,1-4H3/b17-7+,18-8+. The Kier molecular flexibility index (Phi) is 5.74. The molecule has 3 heterocycles. The van der Waals surface area contributed by atoms with Crippen molar-refractivity contribution in [1.29, 1.82) is 0 Å². The monoisotopic (exact) mass is 450 g/mol. The summed E-state index contributed by atoms with van der Waals surface area (Å²) in [7, 11) is 0. The number of aromatic nitrogens is 2. The molecule has 0 spiro atoms. The molecule has 0 N–H and O–H groups in total. The predicted octanol–water partition coefficient (Wildman–Crippen LogP) is 7.66. The fourth-order valence-electron chi connectivity index (χ4n) is 5.08. The van der Waals surface area contributed by atoms with Crippen LogP contribution in [0.2, 0.25) is 0 Å². The Morgan fingerprint density at radius 1 is 0.824 bits per heavy atom. The van der Waals surface area contributed by atoms with Crippen LogP contribution in [-0.4, -0.2) is 15.1 Å². The molecule has 5 rings (SSSR count). The van der Waals surface area contributed by atoms with Gasteiger partial charge in [-0.1, -0.05) is 62.4 Å². The van der Waals surface area contributed by atoms with Crippen LogP contribution in [0.25, 0.3) is 40.0 Å². The van der Waals surface area contributed by atoms with Gasteiger partial charge >= 0.3 is 5.97 Å². The molecule has 172 valence electrons. The number of benzene rings is 2. The third kappa shape index (κ3) is 3.41.